The molecule has 0 aromatic heterocycles. The number of anilines is 1. The first-order chi connectivity index (χ1) is 12.6. The Morgan fingerprint density at radius 2 is 1.74 bits per heavy atom. The number of amides is 1. The number of rotatable bonds is 6. The molecular formula is C19H20FNO5S. The van der Waals surface area contributed by atoms with E-state index in [-0.39, 0.29) is 10.5 Å². The van der Waals surface area contributed by atoms with Gasteiger partial charge in [0.05, 0.1) is 10.5 Å². The fraction of sp³-hybridized carbons (Fsp3) is 0.263. The lowest BCUT2D eigenvalue weighted by Gasteiger charge is -2.21. The van der Waals surface area contributed by atoms with Gasteiger partial charge in [-0.25, -0.2) is 17.6 Å². The lowest BCUT2D eigenvalue weighted by molar-refractivity contribution is -0.121. The van der Waals surface area contributed by atoms with Crippen LogP contribution in [0.5, 0.6) is 0 Å². The molecule has 0 saturated heterocycles. The van der Waals surface area contributed by atoms with Crippen molar-refractivity contribution in [3.63, 3.8) is 0 Å². The maximum absolute atomic E-state index is 13.0. The highest BCUT2D eigenvalue weighted by Crippen LogP contribution is 2.18. The molecule has 2 aromatic rings. The van der Waals surface area contributed by atoms with Gasteiger partial charge in [0.1, 0.15) is 5.82 Å². The first-order valence-electron chi connectivity index (χ1n) is 8.17. The second-order valence-electron chi connectivity index (χ2n) is 5.94. The lowest BCUT2D eigenvalue weighted by atomic mass is 10.1. The predicted molar refractivity (Wildman–Crippen MR) is 99.0 cm³/mol. The minimum Gasteiger partial charge on any atom is -0.452 e. The molecule has 0 aliphatic rings. The van der Waals surface area contributed by atoms with E-state index in [1.807, 2.05) is 0 Å². The van der Waals surface area contributed by atoms with Gasteiger partial charge in [0.2, 0.25) is 0 Å². The van der Waals surface area contributed by atoms with E-state index in [4.69, 9.17) is 4.74 Å². The second kappa shape index (κ2) is 8.30. The van der Waals surface area contributed by atoms with Crippen LogP contribution >= 0.6 is 0 Å². The van der Waals surface area contributed by atoms with Crippen LogP contribution in [-0.2, 0) is 19.4 Å². The summed E-state index contributed by atoms with van der Waals surface area (Å²) in [6.45, 7) is 3.17. The summed E-state index contributed by atoms with van der Waals surface area (Å²) in [5.74, 6) is -1.69. The Hall–Kier alpha value is -2.74. The number of likely N-dealkylation sites (N-methyl/N-ethyl adjacent to an activating group) is 1. The molecule has 6 nitrogen and oxygen atoms in total. The number of halogens is 1. The molecule has 2 rings (SSSR count). The Labute approximate surface area is 157 Å². The van der Waals surface area contributed by atoms with Crippen LogP contribution in [0.15, 0.2) is 47.4 Å². The quantitative estimate of drug-likeness (QED) is 0.705. The van der Waals surface area contributed by atoms with Gasteiger partial charge in [-0.05, 0) is 55.8 Å². The van der Waals surface area contributed by atoms with Crippen molar-refractivity contribution >= 4 is 27.4 Å². The van der Waals surface area contributed by atoms with Gasteiger partial charge < -0.3 is 9.64 Å². The first-order valence-corrected chi connectivity index (χ1v) is 10.1. The molecule has 144 valence electrons. The van der Waals surface area contributed by atoms with Crippen molar-refractivity contribution in [1.82, 2.24) is 0 Å². The Morgan fingerprint density at radius 1 is 1.11 bits per heavy atom. The Morgan fingerprint density at radius 3 is 2.30 bits per heavy atom. The molecule has 0 saturated carbocycles. The average molecular weight is 393 g/mol. The number of carbonyl (C=O) groups excluding carboxylic acids is 2. The van der Waals surface area contributed by atoms with E-state index < -0.39 is 34.1 Å². The number of benzene rings is 2. The molecule has 2 aromatic carbocycles. The van der Waals surface area contributed by atoms with E-state index >= 15 is 0 Å². The number of aryl methyl sites for hydroxylation is 1. The monoisotopic (exact) mass is 393 g/mol. The third kappa shape index (κ3) is 5.13. The Bertz CT molecular complexity index is 955. The van der Waals surface area contributed by atoms with Crippen LogP contribution in [0.3, 0.4) is 0 Å². The van der Waals surface area contributed by atoms with E-state index in [2.05, 4.69) is 0 Å². The van der Waals surface area contributed by atoms with Gasteiger partial charge in [0.25, 0.3) is 5.91 Å². The van der Waals surface area contributed by atoms with E-state index in [1.54, 1.807) is 13.8 Å². The molecule has 0 fully saturated rings. The molecule has 0 atom stereocenters. The van der Waals surface area contributed by atoms with Crippen molar-refractivity contribution in [2.75, 3.05) is 24.3 Å². The van der Waals surface area contributed by atoms with Gasteiger partial charge in [-0.2, -0.15) is 0 Å². The highest BCUT2D eigenvalue weighted by molar-refractivity contribution is 7.90. The van der Waals surface area contributed by atoms with Crippen LogP contribution in [0.1, 0.15) is 22.8 Å². The number of ether oxygens (including phenoxy) is 1. The third-order valence-corrected chi connectivity index (χ3v) is 5.05. The number of nitrogens with zero attached hydrogens (tertiary/aromatic N) is 1. The smallest absolute Gasteiger partial charge is 0.338 e. The number of carbonyl (C=O) groups is 2. The molecule has 0 N–H and O–H groups in total. The highest BCUT2D eigenvalue weighted by atomic mass is 32.2. The maximum Gasteiger partial charge on any atom is 0.338 e. The normalized spacial score (nSPS) is 11.1. The van der Waals surface area contributed by atoms with Crippen LogP contribution < -0.4 is 4.90 Å². The van der Waals surface area contributed by atoms with Gasteiger partial charge in [0, 0.05) is 18.5 Å². The van der Waals surface area contributed by atoms with Crippen molar-refractivity contribution in [2.24, 2.45) is 0 Å². The first kappa shape index (κ1) is 20.6. The number of esters is 1. The zero-order chi connectivity index (χ0) is 20.2. The largest absolute Gasteiger partial charge is 0.452 e. The maximum atomic E-state index is 13.0. The molecule has 1 amide bonds. The van der Waals surface area contributed by atoms with E-state index in [0.29, 0.717) is 17.8 Å². The van der Waals surface area contributed by atoms with E-state index in [9.17, 15) is 22.4 Å². The molecule has 8 heteroatoms. The highest BCUT2D eigenvalue weighted by Gasteiger charge is 2.19. The van der Waals surface area contributed by atoms with Crippen LogP contribution in [0.4, 0.5) is 10.1 Å². The number of hydrogen-bond acceptors (Lipinski definition) is 5. The topological polar surface area (TPSA) is 80.8 Å². The van der Waals surface area contributed by atoms with Crippen molar-refractivity contribution in [1.29, 1.82) is 0 Å². The molecule has 0 unspecified atom stereocenters. The molecule has 0 spiro atoms. The Balaban J connectivity index is 2.12. The molecule has 0 aliphatic carbocycles. The number of hydrogen-bond donors (Lipinski definition) is 0. The summed E-state index contributed by atoms with van der Waals surface area (Å²) in [5.41, 5.74) is 1.09. The summed E-state index contributed by atoms with van der Waals surface area (Å²) in [5, 5.41) is 0. The SMILES string of the molecule is CCN(C(=O)COC(=O)c1cc(S(C)(=O)=O)ccc1C)c1ccc(F)cc1. The van der Waals surface area contributed by atoms with Gasteiger partial charge in [-0.15, -0.1) is 0 Å². The lowest BCUT2D eigenvalue weighted by Crippen LogP contribution is -2.34. The summed E-state index contributed by atoms with van der Waals surface area (Å²) in [6, 6.07) is 9.52. The van der Waals surface area contributed by atoms with E-state index in [0.717, 1.165) is 6.26 Å². The Kier molecular flexibility index (Phi) is 6.32. The van der Waals surface area contributed by atoms with Crippen LogP contribution in [-0.4, -0.2) is 39.7 Å². The van der Waals surface area contributed by atoms with Crippen molar-refractivity contribution < 1.29 is 27.1 Å². The number of sulfone groups is 1. The van der Waals surface area contributed by atoms with Gasteiger partial charge in [0.15, 0.2) is 16.4 Å². The standard InChI is InChI=1S/C19H20FNO5S/c1-4-21(15-8-6-14(20)7-9-15)18(22)12-26-19(23)17-11-16(27(3,24)25)10-5-13(17)2/h5-11H,4,12H2,1-3H3. The summed E-state index contributed by atoms with van der Waals surface area (Å²) in [4.78, 5) is 26.0. The minimum absolute atomic E-state index is 0.00660. The van der Waals surface area contributed by atoms with Crippen molar-refractivity contribution in [3.05, 3.63) is 59.4 Å². The molecule has 27 heavy (non-hydrogen) atoms. The summed E-state index contributed by atoms with van der Waals surface area (Å²) < 4.78 is 41.4. The van der Waals surface area contributed by atoms with E-state index in [1.165, 1.54) is 47.4 Å². The summed E-state index contributed by atoms with van der Waals surface area (Å²) in [7, 11) is -3.48. The van der Waals surface area contributed by atoms with Crippen LogP contribution in [0, 0.1) is 12.7 Å². The molecular weight excluding hydrogens is 373 g/mol. The fourth-order valence-corrected chi connectivity index (χ4v) is 3.11. The zero-order valence-corrected chi connectivity index (χ0v) is 16.0. The van der Waals surface area contributed by atoms with Gasteiger partial charge >= 0.3 is 5.97 Å². The van der Waals surface area contributed by atoms with Crippen molar-refractivity contribution in [2.45, 2.75) is 18.7 Å². The predicted octanol–water partition coefficient (Wildman–Crippen LogP) is 2.75. The molecule has 0 aliphatic heterocycles. The average Bonchev–Trinajstić information content (AvgIpc) is 2.61. The zero-order valence-electron chi connectivity index (χ0n) is 15.2. The molecule has 0 heterocycles. The van der Waals surface area contributed by atoms with Crippen LogP contribution in [0.2, 0.25) is 0 Å². The third-order valence-electron chi connectivity index (χ3n) is 3.94. The summed E-state index contributed by atoms with van der Waals surface area (Å²) >= 11 is 0. The van der Waals surface area contributed by atoms with Gasteiger partial charge in [-0.1, -0.05) is 6.07 Å². The minimum atomic E-state index is -3.48. The van der Waals surface area contributed by atoms with Crippen molar-refractivity contribution in [3.8, 4) is 0 Å². The second-order valence-corrected chi connectivity index (χ2v) is 7.96. The summed E-state index contributed by atoms with van der Waals surface area (Å²) in [6.07, 6.45) is 1.04. The molecule has 0 radical (unpaired) electrons. The van der Waals surface area contributed by atoms with Crippen LogP contribution in [0.25, 0.3) is 0 Å². The molecule has 0 bridgehead atoms. The fourth-order valence-electron chi connectivity index (χ4n) is 2.46. The van der Waals surface area contributed by atoms with Gasteiger partial charge in [-0.3, -0.25) is 4.79 Å².